The first kappa shape index (κ1) is 10.5. The highest BCUT2D eigenvalue weighted by atomic mass is 127. The van der Waals surface area contributed by atoms with Crippen LogP contribution in [0.5, 0.6) is 5.75 Å². The lowest BCUT2D eigenvalue weighted by molar-refractivity contribution is 0.306. The van der Waals surface area contributed by atoms with Gasteiger partial charge in [0.2, 0.25) is 0 Å². The number of ether oxygens (including phenoxy) is 1. The third-order valence-electron chi connectivity index (χ3n) is 2.06. The Morgan fingerprint density at radius 2 is 1.53 bits per heavy atom. The van der Waals surface area contributed by atoms with Gasteiger partial charge < -0.3 is 4.74 Å². The Balaban J connectivity index is 1.96. The average Bonchev–Trinajstić information content (AvgIpc) is 2.30. The lowest BCUT2D eigenvalue weighted by Crippen LogP contribution is -1.94. The van der Waals surface area contributed by atoms with Crippen molar-refractivity contribution in [1.29, 1.82) is 0 Å². The van der Waals surface area contributed by atoms with E-state index in [0.29, 0.717) is 6.61 Å². The third kappa shape index (κ3) is 3.23. The van der Waals surface area contributed by atoms with Crippen molar-refractivity contribution in [2.45, 2.75) is 6.61 Å². The minimum absolute atomic E-state index is 0.626. The molecule has 0 aromatic heterocycles. The van der Waals surface area contributed by atoms with Crippen LogP contribution in [-0.4, -0.2) is 0 Å². The van der Waals surface area contributed by atoms with Crippen molar-refractivity contribution in [3.63, 3.8) is 0 Å². The van der Waals surface area contributed by atoms with Gasteiger partial charge in [0.25, 0.3) is 0 Å². The zero-order valence-corrected chi connectivity index (χ0v) is 10.3. The molecule has 0 aliphatic heterocycles. The van der Waals surface area contributed by atoms with Gasteiger partial charge in [0.15, 0.2) is 0 Å². The molecule has 2 aromatic carbocycles. The molecule has 0 saturated carbocycles. The van der Waals surface area contributed by atoms with Crippen LogP contribution in [0.3, 0.4) is 0 Å². The maximum atomic E-state index is 5.63. The molecular weight excluding hydrogens is 299 g/mol. The second-order valence-corrected chi connectivity index (χ2v) is 4.47. The molecule has 1 nitrogen and oxygen atoms in total. The van der Waals surface area contributed by atoms with E-state index in [-0.39, 0.29) is 0 Å². The Hall–Kier alpha value is -1.03. The van der Waals surface area contributed by atoms with Crippen LogP contribution < -0.4 is 4.74 Å². The predicted molar refractivity (Wildman–Crippen MR) is 69.9 cm³/mol. The van der Waals surface area contributed by atoms with E-state index < -0.39 is 0 Å². The summed E-state index contributed by atoms with van der Waals surface area (Å²) in [6.45, 7) is 0.626. The van der Waals surface area contributed by atoms with Crippen LogP contribution >= 0.6 is 22.6 Å². The summed E-state index contributed by atoms with van der Waals surface area (Å²) in [6.07, 6.45) is 0. The summed E-state index contributed by atoms with van der Waals surface area (Å²) >= 11 is 2.30. The highest BCUT2D eigenvalue weighted by Gasteiger charge is 1.94. The molecule has 0 saturated heterocycles. The molecule has 0 aliphatic carbocycles. The van der Waals surface area contributed by atoms with E-state index >= 15 is 0 Å². The number of para-hydroxylation sites is 1. The van der Waals surface area contributed by atoms with Gasteiger partial charge >= 0.3 is 0 Å². The molecule has 0 amide bonds. The van der Waals surface area contributed by atoms with Crippen LogP contribution in [0.2, 0.25) is 0 Å². The van der Waals surface area contributed by atoms with Gasteiger partial charge in [-0.2, -0.15) is 0 Å². The molecule has 0 bridgehead atoms. The normalized spacial score (nSPS) is 9.93. The van der Waals surface area contributed by atoms with Crippen molar-refractivity contribution in [3.05, 3.63) is 63.7 Å². The van der Waals surface area contributed by atoms with Gasteiger partial charge in [-0.05, 0) is 52.4 Å². The van der Waals surface area contributed by atoms with Crippen LogP contribution in [0.1, 0.15) is 5.56 Å². The van der Waals surface area contributed by atoms with Gasteiger partial charge in [-0.3, -0.25) is 0 Å². The minimum Gasteiger partial charge on any atom is -0.489 e. The standard InChI is InChI=1S/C13H11IO/c14-12-8-6-11(7-9-12)10-15-13-4-2-1-3-5-13/h1-9H,10H2. The third-order valence-corrected chi connectivity index (χ3v) is 2.78. The Labute approximate surface area is 103 Å². The second kappa shape index (κ2) is 5.16. The summed E-state index contributed by atoms with van der Waals surface area (Å²) in [5.41, 5.74) is 1.19. The summed E-state index contributed by atoms with van der Waals surface area (Å²) < 4.78 is 6.88. The fraction of sp³-hybridized carbons (Fsp3) is 0.0769. The first-order valence-corrected chi connectivity index (χ1v) is 5.85. The quantitative estimate of drug-likeness (QED) is 0.782. The first-order chi connectivity index (χ1) is 7.34. The van der Waals surface area contributed by atoms with Crippen LogP contribution in [0.25, 0.3) is 0 Å². The molecule has 0 atom stereocenters. The smallest absolute Gasteiger partial charge is 0.119 e. The molecule has 2 aromatic rings. The SMILES string of the molecule is Ic1ccc(COc2ccccc2)cc1. The molecule has 15 heavy (non-hydrogen) atoms. The molecule has 2 heteroatoms. The number of halogens is 1. The number of rotatable bonds is 3. The molecule has 0 spiro atoms. The van der Waals surface area contributed by atoms with E-state index in [2.05, 4.69) is 46.9 Å². The van der Waals surface area contributed by atoms with Gasteiger partial charge in [0.05, 0.1) is 0 Å². The van der Waals surface area contributed by atoms with E-state index in [4.69, 9.17) is 4.74 Å². The summed E-state index contributed by atoms with van der Waals surface area (Å²) in [7, 11) is 0. The van der Waals surface area contributed by atoms with Crippen LogP contribution in [0.15, 0.2) is 54.6 Å². The fourth-order valence-electron chi connectivity index (χ4n) is 1.26. The lowest BCUT2D eigenvalue weighted by Gasteiger charge is -2.05. The zero-order chi connectivity index (χ0) is 10.5. The predicted octanol–water partition coefficient (Wildman–Crippen LogP) is 3.87. The highest BCUT2D eigenvalue weighted by molar-refractivity contribution is 14.1. The maximum Gasteiger partial charge on any atom is 0.119 e. The van der Waals surface area contributed by atoms with Crippen LogP contribution in [0.4, 0.5) is 0 Å². The van der Waals surface area contributed by atoms with Gasteiger partial charge in [0, 0.05) is 3.57 Å². The lowest BCUT2D eigenvalue weighted by atomic mass is 10.2. The highest BCUT2D eigenvalue weighted by Crippen LogP contribution is 2.12. The van der Waals surface area contributed by atoms with Crippen molar-refractivity contribution in [2.75, 3.05) is 0 Å². The monoisotopic (exact) mass is 310 g/mol. The summed E-state index contributed by atoms with van der Waals surface area (Å²) in [4.78, 5) is 0. The molecule has 0 aliphatic rings. The number of benzene rings is 2. The topological polar surface area (TPSA) is 9.23 Å². The Morgan fingerprint density at radius 1 is 0.867 bits per heavy atom. The molecule has 0 unspecified atom stereocenters. The molecule has 0 fully saturated rings. The minimum atomic E-state index is 0.626. The Kier molecular flexibility index (Phi) is 3.61. The Morgan fingerprint density at radius 3 is 2.20 bits per heavy atom. The van der Waals surface area contributed by atoms with E-state index in [1.54, 1.807) is 0 Å². The first-order valence-electron chi connectivity index (χ1n) is 4.77. The van der Waals surface area contributed by atoms with Crippen molar-refractivity contribution in [2.24, 2.45) is 0 Å². The van der Waals surface area contributed by atoms with Crippen molar-refractivity contribution in [3.8, 4) is 5.75 Å². The zero-order valence-electron chi connectivity index (χ0n) is 8.19. The largest absolute Gasteiger partial charge is 0.489 e. The molecular formula is C13H11IO. The summed E-state index contributed by atoms with van der Waals surface area (Å²) in [6, 6.07) is 18.2. The van der Waals surface area contributed by atoms with Crippen molar-refractivity contribution >= 4 is 22.6 Å². The number of hydrogen-bond donors (Lipinski definition) is 0. The molecule has 2 rings (SSSR count). The van der Waals surface area contributed by atoms with Crippen molar-refractivity contribution in [1.82, 2.24) is 0 Å². The van der Waals surface area contributed by atoms with E-state index in [1.807, 2.05) is 30.3 Å². The molecule has 0 radical (unpaired) electrons. The summed E-state index contributed by atoms with van der Waals surface area (Å²) in [5.74, 6) is 0.913. The van der Waals surface area contributed by atoms with Gasteiger partial charge in [-0.1, -0.05) is 30.3 Å². The summed E-state index contributed by atoms with van der Waals surface area (Å²) in [5, 5.41) is 0. The van der Waals surface area contributed by atoms with E-state index in [9.17, 15) is 0 Å². The van der Waals surface area contributed by atoms with Crippen LogP contribution in [-0.2, 0) is 6.61 Å². The van der Waals surface area contributed by atoms with E-state index in [0.717, 1.165) is 5.75 Å². The Bertz CT molecular complexity index is 408. The molecule has 0 heterocycles. The van der Waals surface area contributed by atoms with Crippen molar-refractivity contribution < 1.29 is 4.74 Å². The maximum absolute atomic E-state index is 5.63. The molecule has 76 valence electrons. The fourth-order valence-corrected chi connectivity index (χ4v) is 1.62. The van der Waals surface area contributed by atoms with Crippen LogP contribution in [0, 0.1) is 3.57 Å². The number of hydrogen-bond acceptors (Lipinski definition) is 1. The average molecular weight is 310 g/mol. The second-order valence-electron chi connectivity index (χ2n) is 3.23. The van der Waals surface area contributed by atoms with Gasteiger partial charge in [-0.15, -0.1) is 0 Å². The van der Waals surface area contributed by atoms with Gasteiger partial charge in [-0.25, -0.2) is 0 Å². The van der Waals surface area contributed by atoms with Gasteiger partial charge in [0.1, 0.15) is 12.4 Å². The van der Waals surface area contributed by atoms with E-state index in [1.165, 1.54) is 9.13 Å². The molecule has 0 N–H and O–H groups in total.